The van der Waals surface area contributed by atoms with Crippen LogP contribution in [0.15, 0.2) is 12.1 Å². The number of carboxylic acids is 1. The summed E-state index contributed by atoms with van der Waals surface area (Å²) in [4.78, 5) is 11.1. The van der Waals surface area contributed by atoms with E-state index >= 15 is 0 Å². The minimum absolute atomic E-state index is 0.282. The molecule has 1 aliphatic rings. The van der Waals surface area contributed by atoms with Gasteiger partial charge in [0.25, 0.3) is 0 Å². The maximum absolute atomic E-state index is 11.1. The van der Waals surface area contributed by atoms with Gasteiger partial charge in [0, 0.05) is 3.57 Å². The Morgan fingerprint density at radius 2 is 2.25 bits per heavy atom. The first-order chi connectivity index (χ1) is 7.63. The van der Waals surface area contributed by atoms with Crippen molar-refractivity contribution in [2.24, 2.45) is 0 Å². The average molecular weight is 332 g/mol. The smallest absolute Gasteiger partial charge is 0.339 e. The molecule has 16 heavy (non-hydrogen) atoms. The highest BCUT2D eigenvalue weighted by Crippen LogP contribution is 2.43. The summed E-state index contributed by atoms with van der Waals surface area (Å²) in [5, 5.41) is 9.13. The van der Waals surface area contributed by atoms with Gasteiger partial charge in [0.1, 0.15) is 11.3 Å². The van der Waals surface area contributed by atoms with Crippen LogP contribution in [-0.2, 0) is 0 Å². The number of ether oxygens (including phenoxy) is 1. The van der Waals surface area contributed by atoms with E-state index in [1.807, 2.05) is 13.0 Å². The molecule has 0 spiro atoms. The first-order valence-electron chi connectivity index (χ1n) is 5.33. The van der Waals surface area contributed by atoms with Crippen molar-refractivity contribution in [3.8, 4) is 5.75 Å². The first kappa shape index (κ1) is 11.7. The summed E-state index contributed by atoms with van der Waals surface area (Å²) in [6.45, 7) is 2.34. The largest absolute Gasteiger partial charge is 0.493 e. The predicted octanol–water partition coefficient (Wildman–Crippen LogP) is 3.27. The Hall–Kier alpha value is -0.780. The van der Waals surface area contributed by atoms with E-state index in [0.29, 0.717) is 18.3 Å². The van der Waals surface area contributed by atoms with Crippen molar-refractivity contribution < 1.29 is 14.6 Å². The van der Waals surface area contributed by atoms with Crippen molar-refractivity contribution >= 4 is 28.6 Å². The summed E-state index contributed by atoms with van der Waals surface area (Å²) in [5.74, 6) is 0.117. The van der Waals surface area contributed by atoms with E-state index < -0.39 is 5.97 Å². The minimum Gasteiger partial charge on any atom is -0.493 e. The van der Waals surface area contributed by atoms with E-state index in [4.69, 9.17) is 9.84 Å². The second-order valence-electron chi connectivity index (χ2n) is 3.88. The van der Waals surface area contributed by atoms with Crippen LogP contribution >= 0.6 is 22.6 Å². The number of aromatic carboxylic acids is 1. The summed E-state index contributed by atoms with van der Waals surface area (Å²) in [6.07, 6.45) is 2.34. The molecule has 2 rings (SSSR count). The van der Waals surface area contributed by atoms with Crippen LogP contribution < -0.4 is 4.74 Å². The van der Waals surface area contributed by atoms with Gasteiger partial charge >= 0.3 is 5.97 Å². The third-order valence-electron chi connectivity index (χ3n) is 2.65. The highest BCUT2D eigenvalue weighted by Gasteiger charge is 2.27. The van der Waals surface area contributed by atoms with Gasteiger partial charge in [-0.2, -0.15) is 0 Å². The van der Waals surface area contributed by atoms with Gasteiger partial charge in [-0.15, -0.1) is 0 Å². The molecule has 86 valence electrons. The van der Waals surface area contributed by atoms with Crippen LogP contribution in [-0.4, -0.2) is 17.7 Å². The molecule has 0 aliphatic heterocycles. The Bertz CT molecular complexity index is 425. The molecule has 1 N–H and O–H groups in total. The Balaban J connectivity index is 2.45. The highest BCUT2D eigenvalue weighted by atomic mass is 127. The molecule has 0 bridgehead atoms. The van der Waals surface area contributed by atoms with Crippen LogP contribution in [0.1, 0.15) is 41.6 Å². The van der Waals surface area contributed by atoms with Crippen molar-refractivity contribution in [1.29, 1.82) is 0 Å². The van der Waals surface area contributed by atoms with Gasteiger partial charge in [0.2, 0.25) is 0 Å². The Labute approximate surface area is 108 Å². The molecule has 4 heteroatoms. The lowest BCUT2D eigenvalue weighted by molar-refractivity contribution is 0.0692. The van der Waals surface area contributed by atoms with Gasteiger partial charge in [-0.3, -0.25) is 0 Å². The van der Waals surface area contributed by atoms with Crippen LogP contribution in [0.3, 0.4) is 0 Å². The summed E-state index contributed by atoms with van der Waals surface area (Å²) in [5.41, 5.74) is 1.44. The van der Waals surface area contributed by atoms with Gasteiger partial charge in [-0.25, -0.2) is 4.79 Å². The maximum atomic E-state index is 11.1. The van der Waals surface area contributed by atoms with Crippen molar-refractivity contribution in [2.75, 3.05) is 6.61 Å². The molecule has 1 fully saturated rings. The first-order valence-corrected chi connectivity index (χ1v) is 6.41. The molecule has 0 radical (unpaired) electrons. The molecule has 3 nitrogen and oxygen atoms in total. The molecule has 0 unspecified atom stereocenters. The molecule has 1 aromatic carbocycles. The van der Waals surface area contributed by atoms with Crippen LogP contribution in [0.25, 0.3) is 0 Å². The number of carboxylic acid groups (broad SMARTS) is 1. The third-order valence-corrected chi connectivity index (χ3v) is 3.58. The number of carbonyl (C=O) groups is 1. The molecule has 0 heterocycles. The fourth-order valence-electron chi connectivity index (χ4n) is 1.72. The summed E-state index contributed by atoms with van der Waals surface area (Å²) in [7, 11) is 0. The van der Waals surface area contributed by atoms with Crippen LogP contribution in [0.4, 0.5) is 0 Å². The molecular weight excluding hydrogens is 319 g/mol. The molecule has 1 aliphatic carbocycles. The summed E-state index contributed by atoms with van der Waals surface area (Å²) >= 11 is 2.25. The molecule has 0 amide bonds. The van der Waals surface area contributed by atoms with E-state index in [1.165, 1.54) is 12.8 Å². The van der Waals surface area contributed by atoms with E-state index in [0.717, 1.165) is 9.13 Å². The lowest BCUT2D eigenvalue weighted by atomic mass is 10.1. The Kier molecular flexibility index (Phi) is 3.37. The normalized spacial score (nSPS) is 14.9. The summed E-state index contributed by atoms with van der Waals surface area (Å²) in [6, 6.07) is 3.61. The number of hydrogen-bond acceptors (Lipinski definition) is 2. The molecule has 1 aromatic rings. The number of rotatable bonds is 4. The van der Waals surface area contributed by atoms with Crippen molar-refractivity contribution in [3.05, 3.63) is 26.8 Å². The highest BCUT2D eigenvalue weighted by molar-refractivity contribution is 14.1. The van der Waals surface area contributed by atoms with E-state index in [-0.39, 0.29) is 5.56 Å². The molecule has 0 atom stereocenters. The lowest BCUT2D eigenvalue weighted by Crippen LogP contribution is -2.05. The van der Waals surface area contributed by atoms with Crippen molar-refractivity contribution in [2.45, 2.75) is 25.7 Å². The molecule has 0 saturated heterocycles. The van der Waals surface area contributed by atoms with Crippen LogP contribution in [0.2, 0.25) is 0 Å². The average Bonchev–Trinajstić information content (AvgIpc) is 3.01. The zero-order valence-corrected chi connectivity index (χ0v) is 11.2. The van der Waals surface area contributed by atoms with E-state index in [2.05, 4.69) is 22.6 Å². The second kappa shape index (κ2) is 4.61. The Morgan fingerprint density at radius 1 is 1.56 bits per heavy atom. The second-order valence-corrected chi connectivity index (χ2v) is 5.04. The van der Waals surface area contributed by atoms with Crippen LogP contribution in [0, 0.1) is 3.57 Å². The Morgan fingerprint density at radius 3 is 2.75 bits per heavy atom. The molecule has 0 aromatic heterocycles. The monoisotopic (exact) mass is 332 g/mol. The zero-order valence-electron chi connectivity index (χ0n) is 9.00. The molecular formula is C12H13IO3. The number of benzene rings is 1. The van der Waals surface area contributed by atoms with Crippen molar-refractivity contribution in [1.82, 2.24) is 0 Å². The van der Waals surface area contributed by atoms with Gasteiger partial charge in [0.15, 0.2) is 0 Å². The number of halogens is 1. The van der Waals surface area contributed by atoms with E-state index in [9.17, 15) is 4.79 Å². The quantitative estimate of drug-likeness (QED) is 0.861. The van der Waals surface area contributed by atoms with Gasteiger partial charge in [-0.05, 0) is 66.0 Å². The number of hydrogen-bond donors (Lipinski definition) is 1. The zero-order chi connectivity index (χ0) is 11.7. The van der Waals surface area contributed by atoms with Crippen molar-refractivity contribution in [3.63, 3.8) is 0 Å². The minimum atomic E-state index is -0.915. The fraction of sp³-hybridized carbons (Fsp3) is 0.417. The van der Waals surface area contributed by atoms with Gasteiger partial charge in [0.05, 0.1) is 6.61 Å². The third kappa shape index (κ3) is 2.31. The SMILES string of the molecule is CCOc1cc(I)c(C2CC2)cc1C(=O)O. The lowest BCUT2D eigenvalue weighted by Gasteiger charge is -2.11. The van der Waals surface area contributed by atoms with Gasteiger partial charge in [-0.1, -0.05) is 0 Å². The molecule has 1 saturated carbocycles. The summed E-state index contributed by atoms with van der Waals surface area (Å²) < 4.78 is 6.45. The van der Waals surface area contributed by atoms with E-state index in [1.54, 1.807) is 6.07 Å². The van der Waals surface area contributed by atoms with Gasteiger partial charge < -0.3 is 9.84 Å². The topological polar surface area (TPSA) is 46.5 Å². The fourth-order valence-corrected chi connectivity index (χ4v) is 2.60. The van der Waals surface area contributed by atoms with Crippen LogP contribution in [0.5, 0.6) is 5.75 Å². The standard InChI is InChI=1S/C12H13IO3/c1-2-16-11-6-10(13)8(7-3-4-7)5-9(11)12(14)15/h5-7H,2-4H2,1H3,(H,14,15). The predicted molar refractivity (Wildman–Crippen MR) is 69.3 cm³/mol. The maximum Gasteiger partial charge on any atom is 0.339 e.